The van der Waals surface area contributed by atoms with Gasteiger partial charge in [-0.2, -0.15) is 0 Å². The van der Waals surface area contributed by atoms with Crippen molar-refractivity contribution >= 4 is 16.9 Å². The topological polar surface area (TPSA) is 61.2 Å². The molecule has 25 heavy (non-hydrogen) atoms. The van der Waals surface area contributed by atoms with Crippen LogP contribution in [0.5, 0.6) is 0 Å². The predicted molar refractivity (Wildman–Crippen MR) is 91.0 cm³/mol. The lowest BCUT2D eigenvalue weighted by atomic mass is 10.0. The molecule has 0 spiro atoms. The van der Waals surface area contributed by atoms with E-state index in [1.54, 1.807) is 30.6 Å². The van der Waals surface area contributed by atoms with Gasteiger partial charge in [-0.25, -0.2) is 9.18 Å². The third-order valence-electron chi connectivity index (χ3n) is 4.44. The number of pyridine rings is 2. The first kappa shape index (κ1) is 15.5. The zero-order chi connectivity index (χ0) is 17.6. The van der Waals surface area contributed by atoms with Gasteiger partial charge in [0.05, 0.1) is 12.6 Å². The maximum Gasteiger partial charge on any atom is 0.343 e. The molecule has 0 amide bonds. The SMILES string of the molecule is COC(=O)c1cn(C2CC2)c2cc(-c3cccnc3)c(F)cc2c1=O. The Hall–Kier alpha value is -3.02. The molecular formula is C19H15FN2O3. The summed E-state index contributed by atoms with van der Waals surface area (Å²) in [6.45, 7) is 0. The van der Waals surface area contributed by atoms with Crippen molar-refractivity contribution in [1.82, 2.24) is 9.55 Å². The van der Waals surface area contributed by atoms with E-state index in [1.807, 2.05) is 4.57 Å². The molecule has 0 radical (unpaired) electrons. The van der Waals surface area contributed by atoms with E-state index in [2.05, 4.69) is 4.98 Å². The highest BCUT2D eigenvalue weighted by Gasteiger charge is 2.27. The Morgan fingerprint density at radius 1 is 1.36 bits per heavy atom. The van der Waals surface area contributed by atoms with Crippen LogP contribution >= 0.6 is 0 Å². The third-order valence-corrected chi connectivity index (χ3v) is 4.44. The molecule has 3 aromatic rings. The lowest BCUT2D eigenvalue weighted by Crippen LogP contribution is -2.20. The van der Waals surface area contributed by atoms with E-state index in [1.165, 1.54) is 19.4 Å². The lowest BCUT2D eigenvalue weighted by Gasteiger charge is -2.14. The molecule has 0 aliphatic heterocycles. The van der Waals surface area contributed by atoms with E-state index in [0.717, 1.165) is 12.8 Å². The fourth-order valence-corrected chi connectivity index (χ4v) is 3.02. The molecule has 1 fully saturated rings. The molecule has 1 aliphatic rings. The standard InChI is InChI=1S/C19H15FN2O3/c1-25-19(24)15-10-22(12-4-5-12)17-8-13(11-3-2-6-21-9-11)16(20)7-14(17)18(15)23/h2-3,6-10,12H,4-5H2,1H3. The molecule has 0 N–H and O–H groups in total. The maximum atomic E-state index is 14.7. The van der Waals surface area contributed by atoms with Crippen molar-refractivity contribution in [2.75, 3.05) is 7.11 Å². The molecule has 4 rings (SSSR count). The van der Waals surface area contributed by atoms with Crippen molar-refractivity contribution in [1.29, 1.82) is 0 Å². The van der Waals surface area contributed by atoms with E-state index in [0.29, 0.717) is 16.6 Å². The second-order valence-electron chi connectivity index (χ2n) is 6.09. The number of hydrogen-bond donors (Lipinski definition) is 0. The van der Waals surface area contributed by atoms with Crippen LogP contribution in [-0.2, 0) is 4.74 Å². The van der Waals surface area contributed by atoms with E-state index >= 15 is 0 Å². The van der Waals surface area contributed by atoms with Gasteiger partial charge in [0.15, 0.2) is 0 Å². The summed E-state index contributed by atoms with van der Waals surface area (Å²) in [5.41, 5.74) is 1.03. The second-order valence-corrected chi connectivity index (χ2v) is 6.09. The minimum absolute atomic E-state index is 0.0737. The number of nitrogens with zero attached hydrogens (tertiary/aromatic N) is 2. The van der Waals surface area contributed by atoms with Crippen LogP contribution in [0, 0.1) is 5.82 Å². The quantitative estimate of drug-likeness (QED) is 0.687. The number of aromatic nitrogens is 2. The van der Waals surface area contributed by atoms with Crippen LogP contribution in [0.1, 0.15) is 29.2 Å². The van der Waals surface area contributed by atoms with Gasteiger partial charge in [0.1, 0.15) is 11.4 Å². The summed E-state index contributed by atoms with van der Waals surface area (Å²) >= 11 is 0. The van der Waals surface area contributed by atoms with Gasteiger partial charge in [0.25, 0.3) is 0 Å². The second kappa shape index (κ2) is 5.81. The van der Waals surface area contributed by atoms with Crippen molar-refractivity contribution in [3.63, 3.8) is 0 Å². The number of ether oxygens (including phenoxy) is 1. The van der Waals surface area contributed by atoms with E-state index in [4.69, 9.17) is 4.74 Å². The molecule has 0 saturated heterocycles. The van der Waals surface area contributed by atoms with Crippen LogP contribution in [0.15, 0.2) is 47.7 Å². The van der Waals surface area contributed by atoms with Crippen LogP contribution in [0.3, 0.4) is 0 Å². The van der Waals surface area contributed by atoms with E-state index in [9.17, 15) is 14.0 Å². The molecule has 1 aromatic carbocycles. The highest BCUT2D eigenvalue weighted by Crippen LogP contribution is 2.38. The Morgan fingerprint density at radius 3 is 2.80 bits per heavy atom. The van der Waals surface area contributed by atoms with Crippen molar-refractivity contribution in [3.05, 3.63) is 64.5 Å². The Bertz CT molecular complexity index is 1040. The first-order chi connectivity index (χ1) is 12.1. The summed E-state index contributed by atoms with van der Waals surface area (Å²) in [6, 6.07) is 6.56. The van der Waals surface area contributed by atoms with Gasteiger partial charge in [0, 0.05) is 41.1 Å². The van der Waals surface area contributed by atoms with Crippen molar-refractivity contribution in [2.24, 2.45) is 0 Å². The monoisotopic (exact) mass is 338 g/mol. The predicted octanol–water partition coefficient (Wildman–Crippen LogP) is 3.32. The summed E-state index contributed by atoms with van der Waals surface area (Å²) < 4.78 is 21.2. The summed E-state index contributed by atoms with van der Waals surface area (Å²) in [6.07, 6.45) is 6.63. The Kier molecular flexibility index (Phi) is 3.60. The zero-order valence-corrected chi connectivity index (χ0v) is 13.5. The molecule has 0 unspecified atom stereocenters. The van der Waals surface area contributed by atoms with Crippen molar-refractivity contribution in [3.8, 4) is 11.1 Å². The number of halogens is 1. The molecule has 1 saturated carbocycles. The molecule has 2 heterocycles. The van der Waals surface area contributed by atoms with Gasteiger partial charge < -0.3 is 9.30 Å². The van der Waals surface area contributed by atoms with Crippen molar-refractivity contribution < 1.29 is 13.9 Å². The van der Waals surface area contributed by atoms with E-state index < -0.39 is 17.2 Å². The number of carbonyl (C=O) groups excluding carboxylic acids is 1. The number of esters is 1. The smallest absolute Gasteiger partial charge is 0.343 e. The Labute approximate surface area is 142 Å². The number of hydrogen-bond acceptors (Lipinski definition) is 4. The highest BCUT2D eigenvalue weighted by molar-refractivity contribution is 5.95. The van der Waals surface area contributed by atoms with Gasteiger partial charge in [-0.3, -0.25) is 9.78 Å². The van der Waals surface area contributed by atoms with Gasteiger partial charge in [-0.1, -0.05) is 6.07 Å². The maximum absolute atomic E-state index is 14.7. The van der Waals surface area contributed by atoms with Gasteiger partial charge in [0.2, 0.25) is 5.43 Å². The normalized spacial score (nSPS) is 13.8. The van der Waals surface area contributed by atoms with Crippen LogP contribution in [0.4, 0.5) is 4.39 Å². The number of fused-ring (bicyclic) bond motifs is 1. The minimum atomic E-state index is -0.710. The third kappa shape index (κ3) is 2.59. The largest absolute Gasteiger partial charge is 0.465 e. The average molecular weight is 338 g/mol. The van der Waals surface area contributed by atoms with Crippen LogP contribution in [0.2, 0.25) is 0 Å². The molecule has 0 bridgehead atoms. The molecule has 126 valence electrons. The van der Waals surface area contributed by atoms with Gasteiger partial charge in [-0.15, -0.1) is 0 Å². The van der Waals surface area contributed by atoms with Gasteiger partial charge in [-0.05, 0) is 31.0 Å². The molecular weight excluding hydrogens is 323 g/mol. The summed E-state index contributed by atoms with van der Waals surface area (Å²) in [7, 11) is 1.22. The Balaban J connectivity index is 2.04. The molecule has 6 heteroatoms. The molecule has 1 aliphatic carbocycles. The van der Waals surface area contributed by atoms with Crippen LogP contribution in [0.25, 0.3) is 22.0 Å². The first-order valence-corrected chi connectivity index (χ1v) is 7.97. The fraction of sp³-hybridized carbons (Fsp3) is 0.211. The number of methoxy groups -OCH3 is 1. The fourth-order valence-electron chi connectivity index (χ4n) is 3.02. The van der Waals surface area contributed by atoms with Crippen LogP contribution < -0.4 is 5.43 Å². The highest BCUT2D eigenvalue weighted by atomic mass is 19.1. The zero-order valence-electron chi connectivity index (χ0n) is 13.5. The average Bonchev–Trinajstić information content (AvgIpc) is 3.47. The van der Waals surface area contributed by atoms with Crippen LogP contribution in [-0.4, -0.2) is 22.6 Å². The summed E-state index contributed by atoms with van der Waals surface area (Å²) in [5, 5.41) is 0.181. The number of carbonyl (C=O) groups is 1. The molecule has 5 nitrogen and oxygen atoms in total. The van der Waals surface area contributed by atoms with E-state index in [-0.39, 0.29) is 17.0 Å². The summed E-state index contributed by atoms with van der Waals surface area (Å²) in [4.78, 5) is 28.6. The molecule has 2 aromatic heterocycles. The first-order valence-electron chi connectivity index (χ1n) is 7.97. The van der Waals surface area contributed by atoms with Gasteiger partial charge >= 0.3 is 5.97 Å². The Morgan fingerprint density at radius 2 is 2.16 bits per heavy atom. The minimum Gasteiger partial charge on any atom is -0.465 e. The molecule has 0 atom stereocenters. The van der Waals surface area contributed by atoms with Crippen molar-refractivity contribution in [2.45, 2.75) is 18.9 Å². The lowest BCUT2D eigenvalue weighted by molar-refractivity contribution is 0.0598. The number of benzene rings is 1. The number of rotatable bonds is 3. The summed E-state index contributed by atoms with van der Waals surface area (Å²) in [5.74, 6) is -1.24.